The van der Waals surface area contributed by atoms with E-state index >= 15 is 0 Å². The smallest absolute Gasteiger partial charge is 0.220 e. The summed E-state index contributed by atoms with van der Waals surface area (Å²) < 4.78 is 0. The highest BCUT2D eigenvalue weighted by molar-refractivity contribution is 5.66. The van der Waals surface area contributed by atoms with Crippen LogP contribution in [-0.4, -0.2) is 19.9 Å². The Bertz CT molecular complexity index is 678. The molecule has 2 heterocycles. The summed E-state index contributed by atoms with van der Waals surface area (Å²) in [5, 5.41) is 0. The van der Waals surface area contributed by atoms with E-state index in [4.69, 9.17) is 11.5 Å². The first-order chi connectivity index (χ1) is 12.5. The molecule has 0 atom stereocenters. The molecule has 142 valence electrons. The molecule has 4 N–H and O–H groups in total. The summed E-state index contributed by atoms with van der Waals surface area (Å²) >= 11 is 0. The van der Waals surface area contributed by atoms with Crippen LogP contribution in [0, 0.1) is 13.8 Å². The van der Waals surface area contributed by atoms with Crippen molar-refractivity contribution in [3.63, 3.8) is 0 Å². The molecule has 6 nitrogen and oxygen atoms in total. The van der Waals surface area contributed by atoms with Crippen LogP contribution in [0.2, 0.25) is 0 Å². The van der Waals surface area contributed by atoms with Gasteiger partial charge in [0.25, 0.3) is 0 Å². The molecule has 0 fully saturated rings. The quantitative estimate of drug-likeness (QED) is 0.653. The number of rotatable bonds is 9. The number of nitrogen functional groups attached to an aromatic ring is 2. The van der Waals surface area contributed by atoms with Crippen molar-refractivity contribution in [3.8, 4) is 11.4 Å². The molecule has 0 aliphatic heterocycles. The summed E-state index contributed by atoms with van der Waals surface area (Å²) in [6, 6.07) is 0. The Balaban J connectivity index is 2.43. The number of aromatic nitrogens is 4. The van der Waals surface area contributed by atoms with Crippen LogP contribution < -0.4 is 11.5 Å². The number of hydrogen-bond donors (Lipinski definition) is 2. The Hall–Kier alpha value is -2.24. The van der Waals surface area contributed by atoms with Crippen LogP contribution in [0.25, 0.3) is 11.4 Å². The Labute approximate surface area is 156 Å². The van der Waals surface area contributed by atoms with Crippen LogP contribution in [0.5, 0.6) is 0 Å². The number of hydrogen-bond acceptors (Lipinski definition) is 6. The van der Waals surface area contributed by atoms with Crippen molar-refractivity contribution in [1.29, 1.82) is 0 Å². The van der Waals surface area contributed by atoms with Gasteiger partial charge in [-0.25, -0.2) is 19.9 Å². The Morgan fingerprint density at radius 2 is 1.00 bits per heavy atom. The molecule has 0 bridgehead atoms. The van der Waals surface area contributed by atoms with Crippen molar-refractivity contribution in [2.24, 2.45) is 0 Å². The van der Waals surface area contributed by atoms with Gasteiger partial charge >= 0.3 is 0 Å². The van der Waals surface area contributed by atoms with Crippen LogP contribution >= 0.6 is 0 Å². The molecule has 0 radical (unpaired) electrons. The predicted octanol–water partition coefficient (Wildman–Crippen LogP) is 4.18. The molecule has 0 amide bonds. The van der Waals surface area contributed by atoms with E-state index in [0.29, 0.717) is 11.9 Å². The Kier molecular flexibility index (Phi) is 7.30. The molecular formula is C20H32N6. The van der Waals surface area contributed by atoms with Crippen LogP contribution in [-0.2, 0) is 12.8 Å². The first kappa shape index (κ1) is 20.1. The van der Waals surface area contributed by atoms with Crippen molar-refractivity contribution in [1.82, 2.24) is 19.9 Å². The molecule has 6 heteroatoms. The Morgan fingerprint density at radius 1 is 0.615 bits per heavy atom. The lowest BCUT2D eigenvalue weighted by atomic mass is 10.0. The second-order valence-corrected chi connectivity index (χ2v) is 6.92. The highest BCUT2D eigenvalue weighted by Crippen LogP contribution is 2.28. The number of aryl methyl sites for hydroxylation is 2. The van der Waals surface area contributed by atoms with Crippen molar-refractivity contribution in [2.75, 3.05) is 11.5 Å². The van der Waals surface area contributed by atoms with Gasteiger partial charge in [0, 0.05) is 11.4 Å². The minimum atomic E-state index is 0.293. The molecule has 0 unspecified atom stereocenters. The molecule has 2 aromatic heterocycles. The fourth-order valence-electron chi connectivity index (χ4n) is 3.20. The first-order valence-electron chi connectivity index (χ1n) is 9.74. The van der Waals surface area contributed by atoms with Gasteiger partial charge in [-0.2, -0.15) is 0 Å². The third-order valence-corrected chi connectivity index (χ3v) is 4.79. The molecule has 2 rings (SSSR count). The molecule has 0 spiro atoms. The van der Waals surface area contributed by atoms with Crippen molar-refractivity contribution in [3.05, 3.63) is 22.5 Å². The molecule has 0 saturated heterocycles. The average molecular weight is 357 g/mol. The third kappa shape index (κ3) is 4.90. The van der Waals surface area contributed by atoms with Crippen LogP contribution in [0.1, 0.15) is 74.9 Å². The maximum atomic E-state index is 6.00. The molecule has 0 aliphatic carbocycles. The average Bonchev–Trinajstić information content (AvgIpc) is 2.60. The summed E-state index contributed by atoms with van der Waals surface area (Å²) in [6.45, 7) is 8.48. The van der Waals surface area contributed by atoms with Gasteiger partial charge in [0.05, 0.1) is 11.4 Å². The maximum Gasteiger partial charge on any atom is 0.220 e. The van der Waals surface area contributed by atoms with Gasteiger partial charge in [0.1, 0.15) is 0 Å². The van der Waals surface area contributed by atoms with E-state index in [9.17, 15) is 0 Å². The Morgan fingerprint density at radius 3 is 1.35 bits per heavy atom. The lowest BCUT2D eigenvalue weighted by Gasteiger charge is -2.15. The monoisotopic (exact) mass is 356 g/mol. The predicted molar refractivity (Wildman–Crippen MR) is 108 cm³/mol. The van der Waals surface area contributed by atoms with E-state index in [-0.39, 0.29) is 0 Å². The van der Waals surface area contributed by atoms with Crippen LogP contribution in [0.4, 0.5) is 11.9 Å². The summed E-state index contributed by atoms with van der Waals surface area (Å²) in [5.74, 6) is 0.586. The summed E-state index contributed by atoms with van der Waals surface area (Å²) in [5.41, 5.74) is 17.6. The molecule has 2 aromatic rings. The van der Waals surface area contributed by atoms with Crippen molar-refractivity contribution < 1.29 is 0 Å². The fourth-order valence-corrected chi connectivity index (χ4v) is 3.20. The van der Waals surface area contributed by atoms with Crippen molar-refractivity contribution >= 4 is 11.9 Å². The first-order valence-corrected chi connectivity index (χ1v) is 9.74. The second-order valence-electron chi connectivity index (χ2n) is 6.92. The summed E-state index contributed by atoms with van der Waals surface area (Å²) in [4.78, 5) is 17.9. The summed E-state index contributed by atoms with van der Waals surface area (Å²) in [6.07, 6.45) is 8.72. The van der Waals surface area contributed by atoms with Gasteiger partial charge in [-0.05, 0) is 50.7 Å². The zero-order valence-corrected chi connectivity index (χ0v) is 16.6. The lowest BCUT2D eigenvalue weighted by molar-refractivity contribution is 0.702. The zero-order valence-electron chi connectivity index (χ0n) is 16.6. The van der Waals surface area contributed by atoms with E-state index < -0.39 is 0 Å². The van der Waals surface area contributed by atoms with E-state index in [1.165, 1.54) is 25.7 Å². The molecule has 0 saturated carbocycles. The van der Waals surface area contributed by atoms with Gasteiger partial charge in [-0.15, -0.1) is 0 Å². The van der Waals surface area contributed by atoms with E-state index in [1.54, 1.807) is 0 Å². The van der Waals surface area contributed by atoms with Gasteiger partial charge in [0.15, 0.2) is 0 Å². The van der Waals surface area contributed by atoms with Gasteiger partial charge in [-0.3, -0.25) is 0 Å². The lowest BCUT2D eigenvalue weighted by Crippen LogP contribution is -2.10. The van der Waals surface area contributed by atoms with Gasteiger partial charge in [-0.1, -0.05) is 39.5 Å². The van der Waals surface area contributed by atoms with E-state index in [1.807, 2.05) is 13.8 Å². The van der Waals surface area contributed by atoms with Crippen LogP contribution in [0.15, 0.2) is 0 Å². The van der Waals surface area contributed by atoms with Gasteiger partial charge < -0.3 is 11.5 Å². The van der Waals surface area contributed by atoms with E-state index in [0.717, 1.165) is 59.6 Å². The highest BCUT2D eigenvalue weighted by Gasteiger charge is 2.18. The number of anilines is 2. The SMILES string of the molecule is CCCCCc1nc(N)nc(-c2nc(N)nc(CCCCC)c2C)c1C. The minimum Gasteiger partial charge on any atom is -0.368 e. The minimum absolute atomic E-state index is 0.293. The van der Waals surface area contributed by atoms with E-state index in [2.05, 4.69) is 33.8 Å². The number of nitrogens with zero attached hydrogens (tertiary/aromatic N) is 4. The standard InChI is InChI=1S/C20H32N6/c1-5-7-9-11-15-13(3)17(25-19(21)23-15)18-14(4)16(12-10-8-6-2)24-20(22)26-18/h5-12H2,1-4H3,(H2,21,23,25)(H2,22,24,26). The van der Waals surface area contributed by atoms with Gasteiger partial charge in [0.2, 0.25) is 11.9 Å². The molecule has 0 aliphatic rings. The molecular weight excluding hydrogens is 324 g/mol. The van der Waals surface area contributed by atoms with Crippen LogP contribution in [0.3, 0.4) is 0 Å². The number of nitrogens with two attached hydrogens (primary N) is 2. The highest BCUT2D eigenvalue weighted by atomic mass is 15.0. The topological polar surface area (TPSA) is 104 Å². The molecule has 26 heavy (non-hydrogen) atoms. The molecule has 0 aromatic carbocycles. The van der Waals surface area contributed by atoms with Crippen molar-refractivity contribution in [2.45, 2.75) is 79.1 Å². The number of unbranched alkanes of at least 4 members (excludes halogenated alkanes) is 4. The largest absolute Gasteiger partial charge is 0.368 e. The zero-order chi connectivity index (χ0) is 19.1. The maximum absolute atomic E-state index is 6.00. The summed E-state index contributed by atoms with van der Waals surface area (Å²) in [7, 11) is 0. The normalized spacial score (nSPS) is 11.1. The third-order valence-electron chi connectivity index (χ3n) is 4.79. The fraction of sp³-hybridized carbons (Fsp3) is 0.600. The second kappa shape index (κ2) is 9.46.